The van der Waals surface area contributed by atoms with E-state index in [2.05, 4.69) is 41.5 Å². The van der Waals surface area contributed by atoms with Gasteiger partial charge in [0.05, 0.1) is 0 Å². The van der Waals surface area contributed by atoms with Crippen molar-refractivity contribution < 1.29 is 19.4 Å². The van der Waals surface area contributed by atoms with Crippen molar-refractivity contribution in [2.75, 3.05) is 0 Å². The molecule has 2 unspecified atom stereocenters. The number of carbonyl (C=O) groups is 2. The fourth-order valence-corrected chi connectivity index (χ4v) is 3.36. The van der Waals surface area contributed by atoms with Crippen molar-refractivity contribution >= 4 is 11.9 Å². The van der Waals surface area contributed by atoms with Crippen molar-refractivity contribution in [3.05, 3.63) is 0 Å². The summed E-state index contributed by atoms with van der Waals surface area (Å²) in [5.74, 6) is 0.671. The highest BCUT2D eigenvalue weighted by Gasteiger charge is 2.19. The molecule has 4 nitrogen and oxygen atoms in total. The lowest BCUT2D eigenvalue weighted by molar-refractivity contribution is -0.149. The molecule has 1 N–H and O–H groups in total. The van der Waals surface area contributed by atoms with Gasteiger partial charge >= 0.3 is 11.9 Å². The Bertz CT molecular complexity index is 288. The van der Waals surface area contributed by atoms with Gasteiger partial charge in [-0.3, -0.25) is 9.59 Å². The first kappa shape index (κ1) is 25.2. The third-order valence-corrected chi connectivity index (χ3v) is 4.97. The number of carboxylic acid groups (broad SMARTS) is 1. The van der Waals surface area contributed by atoms with E-state index in [1.54, 1.807) is 0 Å². The predicted octanol–water partition coefficient (Wildman–Crippen LogP) is 5.69. The topological polar surface area (TPSA) is 63.6 Å². The van der Waals surface area contributed by atoms with Crippen molar-refractivity contribution in [1.82, 2.24) is 0 Å². The smallest absolute Gasteiger partial charge is 0.303 e. The van der Waals surface area contributed by atoms with E-state index in [4.69, 9.17) is 9.84 Å². The maximum Gasteiger partial charge on any atom is 0.303 e. The van der Waals surface area contributed by atoms with Gasteiger partial charge in [0, 0.05) is 13.3 Å². The van der Waals surface area contributed by atoms with Crippen LogP contribution in [0.3, 0.4) is 0 Å². The molecular formula is C20H40O4. The van der Waals surface area contributed by atoms with Crippen LogP contribution in [-0.4, -0.2) is 23.1 Å². The van der Waals surface area contributed by atoms with Crippen LogP contribution in [0.1, 0.15) is 93.4 Å². The van der Waals surface area contributed by atoms with Gasteiger partial charge in [-0.2, -0.15) is 0 Å². The van der Waals surface area contributed by atoms with E-state index in [9.17, 15) is 9.59 Å². The number of esters is 1. The van der Waals surface area contributed by atoms with Gasteiger partial charge in [-0.15, -0.1) is 0 Å². The van der Waals surface area contributed by atoms with Gasteiger partial charge in [-0.25, -0.2) is 0 Å². The number of carbonyl (C=O) groups excluding carboxylic acids is 1. The van der Waals surface area contributed by atoms with Gasteiger partial charge in [0.15, 0.2) is 0 Å². The van der Waals surface area contributed by atoms with Crippen LogP contribution in [-0.2, 0) is 14.3 Å². The van der Waals surface area contributed by atoms with Crippen LogP contribution < -0.4 is 0 Å². The lowest BCUT2D eigenvalue weighted by Gasteiger charge is -2.23. The van der Waals surface area contributed by atoms with Gasteiger partial charge < -0.3 is 9.84 Å². The van der Waals surface area contributed by atoms with E-state index in [-0.39, 0.29) is 12.1 Å². The zero-order chi connectivity index (χ0) is 19.1. The Balaban J connectivity index is 0. The van der Waals surface area contributed by atoms with E-state index in [1.165, 1.54) is 6.92 Å². The third kappa shape index (κ3) is 11.5. The minimum Gasteiger partial charge on any atom is -0.481 e. The first-order chi connectivity index (χ1) is 11.3. The molecule has 0 radical (unpaired) electrons. The Labute approximate surface area is 149 Å². The molecule has 24 heavy (non-hydrogen) atoms. The molecule has 0 aromatic rings. The SMILES string of the molecule is CCC(CC)C(CC)CC(=O)O.CCC(CC)C(CC)OC(C)=O. The Morgan fingerprint density at radius 3 is 1.42 bits per heavy atom. The molecule has 0 saturated carbocycles. The van der Waals surface area contributed by atoms with Gasteiger partial charge in [0.2, 0.25) is 0 Å². The van der Waals surface area contributed by atoms with Crippen molar-refractivity contribution in [3.63, 3.8) is 0 Å². The van der Waals surface area contributed by atoms with Gasteiger partial charge in [0.25, 0.3) is 0 Å². The standard InChI is InChI=1S/2C10H20O2/c1-5-9(6-2)10(7-3)12-8(4)11;1-4-8(5-2)9(6-3)7-10(11)12/h9-10H,5-7H2,1-4H3;8-9H,4-7H2,1-3H3,(H,11,12). The summed E-state index contributed by atoms with van der Waals surface area (Å²) in [4.78, 5) is 21.2. The molecule has 0 bridgehead atoms. The highest BCUT2D eigenvalue weighted by Crippen LogP contribution is 2.25. The predicted molar refractivity (Wildman–Crippen MR) is 100 cm³/mol. The Kier molecular flexibility index (Phi) is 16.2. The minimum atomic E-state index is -0.659. The van der Waals surface area contributed by atoms with Crippen molar-refractivity contribution in [2.24, 2.45) is 17.8 Å². The first-order valence-electron chi connectivity index (χ1n) is 9.69. The molecule has 0 aliphatic carbocycles. The zero-order valence-electron chi connectivity index (χ0n) is 16.9. The fraction of sp³-hybridized carbons (Fsp3) is 0.900. The summed E-state index contributed by atoms with van der Waals surface area (Å²) >= 11 is 0. The maximum atomic E-state index is 10.7. The summed E-state index contributed by atoms with van der Waals surface area (Å²) in [6, 6.07) is 0. The summed E-state index contributed by atoms with van der Waals surface area (Å²) in [5.41, 5.74) is 0. The van der Waals surface area contributed by atoms with Crippen molar-refractivity contribution in [2.45, 2.75) is 99.5 Å². The number of hydrogen-bond donors (Lipinski definition) is 1. The third-order valence-electron chi connectivity index (χ3n) is 4.97. The van der Waals surface area contributed by atoms with Crippen LogP contribution in [0, 0.1) is 17.8 Å². The lowest BCUT2D eigenvalue weighted by atomic mass is 9.84. The van der Waals surface area contributed by atoms with E-state index < -0.39 is 5.97 Å². The molecule has 0 aliphatic rings. The molecule has 0 saturated heterocycles. The number of ether oxygens (including phenoxy) is 1. The van der Waals surface area contributed by atoms with Gasteiger partial charge in [-0.05, 0) is 37.0 Å². The average Bonchev–Trinajstić information content (AvgIpc) is 2.54. The molecular weight excluding hydrogens is 304 g/mol. The van der Waals surface area contributed by atoms with Crippen LogP contribution in [0.4, 0.5) is 0 Å². The summed E-state index contributed by atoms with van der Waals surface area (Å²) in [7, 11) is 0. The molecule has 0 fully saturated rings. The monoisotopic (exact) mass is 344 g/mol. The molecule has 0 amide bonds. The summed E-state index contributed by atoms with van der Waals surface area (Å²) < 4.78 is 5.20. The molecule has 0 aromatic heterocycles. The average molecular weight is 345 g/mol. The first-order valence-corrected chi connectivity index (χ1v) is 9.69. The highest BCUT2D eigenvalue weighted by atomic mass is 16.5. The highest BCUT2D eigenvalue weighted by molar-refractivity contribution is 5.67. The quantitative estimate of drug-likeness (QED) is 0.489. The lowest BCUT2D eigenvalue weighted by Crippen LogP contribution is -2.24. The van der Waals surface area contributed by atoms with E-state index in [0.29, 0.717) is 24.2 Å². The molecule has 144 valence electrons. The van der Waals surface area contributed by atoms with Crippen LogP contribution in [0.5, 0.6) is 0 Å². The summed E-state index contributed by atoms with van der Waals surface area (Å²) in [6.07, 6.45) is 6.74. The molecule has 0 aliphatic heterocycles. The second-order valence-electron chi connectivity index (χ2n) is 6.48. The molecule has 0 spiro atoms. The Hall–Kier alpha value is -1.06. The van der Waals surface area contributed by atoms with E-state index >= 15 is 0 Å². The van der Waals surface area contributed by atoms with Gasteiger partial charge in [0.1, 0.15) is 6.10 Å². The molecule has 0 heterocycles. The second kappa shape index (κ2) is 15.5. The van der Waals surface area contributed by atoms with Crippen LogP contribution in [0.25, 0.3) is 0 Å². The second-order valence-corrected chi connectivity index (χ2v) is 6.48. The van der Waals surface area contributed by atoms with Crippen LogP contribution in [0.15, 0.2) is 0 Å². The molecule has 0 aromatic carbocycles. The minimum absolute atomic E-state index is 0.123. The van der Waals surface area contributed by atoms with Gasteiger partial charge in [-0.1, -0.05) is 60.8 Å². The van der Waals surface area contributed by atoms with E-state index in [1.807, 2.05) is 0 Å². The number of hydrogen-bond acceptors (Lipinski definition) is 3. The van der Waals surface area contributed by atoms with Crippen molar-refractivity contribution in [3.8, 4) is 0 Å². The summed E-state index contributed by atoms with van der Waals surface area (Å²) in [6.45, 7) is 14.2. The van der Waals surface area contributed by atoms with Crippen molar-refractivity contribution in [1.29, 1.82) is 0 Å². The molecule has 4 heteroatoms. The number of aliphatic carboxylic acids is 1. The Morgan fingerprint density at radius 1 is 0.750 bits per heavy atom. The largest absolute Gasteiger partial charge is 0.481 e. The van der Waals surface area contributed by atoms with E-state index in [0.717, 1.165) is 38.5 Å². The normalized spacial score (nSPS) is 13.2. The van der Waals surface area contributed by atoms with Crippen LogP contribution in [0.2, 0.25) is 0 Å². The zero-order valence-corrected chi connectivity index (χ0v) is 16.9. The van der Waals surface area contributed by atoms with Crippen LogP contribution >= 0.6 is 0 Å². The maximum absolute atomic E-state index is 10.7. The fourth-order valence-electron chi connectivity index (χ4n) is 3.36. The Morgan fingerprint density at radius 2 is 1.17 bits per heavy atom. The molecule has 0 rings (SSSR count). The number of carboxylic acids is 1. The molecule has 2 atom stereocenters. The summed E-state index contributed by atoms with van der Waals surface area (Å²) in [5, 5.41) is 8.65. The number of rotatable bonds is 11.